The highest BCUT2D eigenvalue weighted by molar-refractivity contribution is 5.62. The molecule has 26 heavy (non-hydrogen) atoms. The van der Waals surface area contributed by atoms with Gasteiger partial charge in [-0.2, -0.15) is 0 Å². The molecule has 5 heteroatoms. The third-order valence-electron chi connectivity index (χ3n) is 4.79. The molecule has 1 aliphatic rings. The normalized spacial score (nSPS) is 14.3. The molecule has 0 spiro atoms. The second kappa shape index (κ2) is 9.41. The molecule has 0 bridgehead atoms. The molecule has 1 saturated heterocycles. The summed E-state index contributed by atoms with van der Waals surface area (Å²) in [4.78, 5) is 11.5. The maximum atomic E-state index is 4.51. The molecule has 1 aliphatic heterocycles. The first-order valence-electron chi connectivity index (χ1n) is 9.96. The average Bonchev–Trinajstić information content (AvgIpc) is 2.66. The predicted octanol–water partition coefficient (Wildman–Crippen LogP) is 5.12. The number of anilines is 4. The molecule has 0 unspecified atom stereocenters. The number of nitrogens with one attached hydrogen (secondary N) is 2. The maximum Gasteiger partial charge on any atom is 0.136 e. The Bertz CT molecular complexity index is 677. The molecule has 5 nitrogen and oxygen atoms in total. The summed E-state index contributed by atoms with van der Waals surface area (Å²) in [6.07, 6.45) is 7.59. The minimum Gasteiger partial charge on any atom is -0.372 e. The highest BCUT2D eigenvalue weighted by Crippen LogP contribution is 2.24. The SMILES string of the molecule is CCCCCNc1cc(Nc2ccc(N3CCCCC3)cc2)nc(C)n1. The third-order valence-corrected chi connectivity index (χ3v) is 4.79. The van der Waals surface area contributed by atoms with Crippen LogP contribution in [0, 0.1) is 6.92 Å². The first-order chi connectivity index (χ1) is 12.7. The van der Waals surface area contributed by atoms with Gasteiger partial charge >= 0.3 is 0 Å². The second-order valence-electron chi connectivity index (χ2n) is 7.04. The number of aromatic nitrogens is 2. The van der Waals surface area contributed by atoms with Crippen molar-refractivity contribution in [2.24, 2.45) is 0 Å². The van der Waals surface area contributed by atoms with Crippen molar-refractivity contribution in [2.75, 3.05) is 35.2 Å². The van der Waals surface area contributed by atoms with Crippen molar-refractivity contribution >= 4 is 23.0 Å². The molecule has 1 aromatic heterocycles. The van der Waals surface area contributed by atoms with Crippen LogP contribution in [0.1, 0.15) is 51.3 Å². The van der Waals surface area contributed by atoms with Crippen molar-refractivity contribution in [1.82, 2.24) is 9.97 Å². The van der Waals surface area contributed by atoms with Gasteiger partial charge in [0.25, 0.3) is 0 Å². The van der Waals surface area contributed by atoms with Crippen molar-refractivity contribution < 1.29 is 0 Å². The van der Waals surface area contributed by atoms with Crippen molar-refractivity contribution in [3.63, 3.8) is 0 Å². The molecular formula is C21H31N5. The van der Waals surface area contributed by atoms with Crippen molar-refractivity contribution in [2.45, 2.75) is 52.4 Å². The van der Waals surface area contributed by atoms with Crippen LogP contribution in [-0.2, 0) is 0 Å². The molecule has 0 radical (unpaired) electrons. The molecule has 0 saturated carbocycles. The highest BCUT2D eigenvalue weighted by atomic mass is 15.1. The number of hydrogen-bond acceptors (Lipinski definition) is 5. The van der Waals surface area contributed by atoms with Crippen LogP contribution in [0.5, 0.6) is 0 Å². The molecule has 2 aromatic rings. The maximum absolute atomic E-state index is 4.51. The van der Waals surface area contributed by atoms with E-state index >= 15 is 0 Å². The van der Waals surface area contributed by atoms with Gasteiger partial charge in [0.15, 0.2) is 0 Å². The quantitative estimate of drug-likeness (QED) is 0.645. The van der Waals surface area contributed by atoms with Crippen LogP contribution in [0.25, 0.3) is 0 Å². The highest BCUT2D eigenvalue weighted by Gasteiger charge is 2.10. The van der Waals surface area contributed by atoms with Gasteiger partial charge in [0.05, 0.1) is 0 Å². The zero-order chi connectivity index (χ0) is 18.2. The summed E-state index contributed by atoms with van der Waals surface area (Å²) in [5, 5.41) is 6.81. The Labute approximate surface area is 157 Å². The largest absolute Gasteiger partial charge is 0.372 e. The lowest BCUT2D eigenvalue weighted by molar-refractivity contribution is 0.578. The number of unbranched alkanes of at least 4 members (excludes halogenated alkanes) is 2. The van der Waals surface area contributed by atoms with Gasteiger partial charge in [-0.15, -0.1) is 0 Å². The summed E-state index contributed by atoms with van der Waals surface area (Å²) in [6, 6.07) is 10.7. The van der Waals surface area contributed by atoms with E-state index in [1.165, 1.54) is 57.3 Å². The van der Waals surface area contributed by atoms with E-state index < -0.39 is 0 Å². The van der Waals surface area contributed by atoms with E-state index in [2.05, 4.69) is 56.7 Å². The zero-order valence-electron chi connectivity index (χ0n) is 16.1. The number of benzene rings is 1. The third kappa shape index (κ3) is 5.35. The predicted molar refractivity (Wildman–Crippen MR) is 111 cm³/mol. The zero-order valence-corrected chi connectivity index (χ0v) is 16.1. The van der Waals surface area contributed by atoms with E-state index in [0.717, 1.165) is 29.7 Å². The summed E-state index contributed by atoms with van der Waals surface area (Å²) in [5.41, 5.74) is 2.37. The van der Waals surface area contributed by atoms with Crippen molar-refractivity contribution in [3.8, 4) is 0 Å². The van der Waals surface area contributed by atoms with E-state index in [4.69, 9.17) is 0 Å². The molecule has 0 atom stereocenters. The first kappa shape index (κ1) is 18.5. The fourth-order valence-corrected chi connectivity index (χ4v) is 3.37. The lowest BCUT2D eigenvalue weighted by atomic mass is 10.1. The molecule has 1 aromatic carbocycles. The van der Waals surface area contributed by atoms with Crippen LogP contribution in [0.3, 0.4) is 0 Å². The molecule has 2 N–H and O–H groups in total. The molecule has 140 valence electrons. The van der Waals surface area contributed by atoms with Gasteiger partial charge in [-0.25, -0.2) is 9.97 Å². The monoisotopic (exact) mass is 353 g/mol. The Balaban J connectivity index is 1.61. The Morgan fingerprint density at radius 1 is 0.962 bits per heavy atom. The molecule has 0 amide bonds. The topological polar surface area (TPSA) is 53.1 Å². The van der Waals surface area contributed by atoms with Gasteiger partial charge in [0, 0.05) is 37.1 Å². The van der Waals surface area contributed by atoms with Crippen LogP contribution in [0.4, 0.5) is 23.0 Å². The van der Waals surface area contributed by atoms with Crippen LogP contribution in [-0.4, -0.2) is 29.6 Å². The van der Waals surface area contributed by atoms with Crippen molar-refractivity contribution in [1.29, 1.82) is 0 Å². The number of hydrogen-bond donors (Lipinski definition) is 2. The molecule has 0 aliphatic carbocycles. The lowest BCUT2D eigenvalue weighted by Crippen LogP contribution is -2.29. The Hall–Kier alpha value is -2.30. The minimum absolute atomic E-state index is 0.776. The molecule has 3 rings (SSSR count). The number of aryl methyl sites for hydroxylation is 1. The number of piperidine rings is 1. The van der Waals surface area contributed by atoms with E-state index in [9.17, 15) is 0 Å². The summed E-state index contributed by atoms with van der Waals surface area (Å²) >= 11 is 0. The average molecular weight is 354 g/mol. The fraction of sp³-hybridized carbons (Fsp3) is 0.524. The van der Waals surface area contributed by atoms with Crippen LogP contribution in [0.15, 0.2) is 30.3 Å². The second-order valence-corrected chi connectivity index (χ2v) is 7.04. The van der Waals surface area contributed by atoms with Gasteiger partial charge in [-0.05, 0) is 56.9 Å². The molecular weight excluding hydrogens is 322 g/mol. The Morgan fingerprint density at radius 3 is 2.42 bits per heavy atom. The van der Waals surface area contributed by atoms with Gasteiger partial charge in [-0.3, -0.25) is 0 Å². The van der Waals surface area contributed by atoms with Gasteiger partial charge in [0.2, 0.25) is 0 Å². The Kier molecular flexibility index (Phi) is 6.69. The number of rotatable bonds is 8. The Morgan fingerprint density at radius 2 is 1.69 bits per heavy atom. The van der Waals surface area contributed by atoms with Crippen LogP contribution >= 0.6 is 0 Å². The molecule has 2 heterocycles. The fourth-order valence-electron chi connectivity index (χ4n) is 3.37. The first-order valence-corrected chi connectivity index (χ1v) is 9.96. The summed E-state index contributed by atoms with van der Waals surface area (Å²) in [5.74, 6) is 2.50. The van der Waals surface area contributed by atoms with Crippen molar-refractivity contribution in [3.05, 3.63) is 36.2 Å². The molecule has 1 fully saturated rings. The van der Waals surface area contributed by atoms with E-state index in [-0.39, 0.29) is 0 Å². The van der Waals surface area contributed by atoms with Gasteiger partial charge in [0.1, 0.15) is 17.5 Å². The van der Waals surface area contributed by atoms with Gasteiger partial charge < -0.3 is 15.5 Å². The standard InChI is InChI=1S/C21H31N5/c1-3-4-6-13-22-20-16-21(24-17(2)23-20)25-18-9-11-19(12-10-18)26-14-7-5-8-15-26/h9-12,16H,3-8,13-15H2,1-2H3,(H2,22,23,24,25). The smallest absolute Gasteiger partial charge is 0.136 e. The summed E-state index contributed by atoms with van der Waals surface area (Å²) in [7, 11) is 0. The van der Waals surface area contributed by atoms with E-state index in [1.807, 2.05) is 13.0 Å². The number of nitrogens with zero attached hydrogens (tertiary/aromatic N) is 3. The van der Waals surface area contributed by atoms with E-state index in [1.54, 1.807) is 0 Å². The van der Waals surface area contributed by atoms with E-state index in [0.29, 0.717) is 0 Å². The van der Waals surface area contributed by atoms with Gasteiger partial charge in [-0.1, -0.05) is 19.8 Å². The minimum atomic E-state index is 0.776. The summed E-state index contributed by atoms with van der Waals surface area (Å²) < 4.78 is 0. The summed E-state index contributed by atoms with van der Waals surface area (Å²) in [6.45, 7) is 7.44. The lowest BCUT2D eigenvalue weighted by Gasteiger charge is -2.28. The van der Waals surface area contributed by atoms with Crippen LogP contribution in [0.2, 0.25) is 0 Å². The van der Waals surface area contributed by atoms with Crippen LogP contribution < -0.4 is 15.5 Å².